The van der Waals surface area contributed by atoms with E-state index in [1.165, 1.54) is 12.1 Å². The summed E-state index contributed by atoms with van der Waals surface area (Å²) in [4.78, 5) is 17.1. The molecule has 1 fully saturated rings. The van der Waals surface area contributed by atoms with Gasteiger partial charge in [0.2, 0.25) is 0 Å². The first-order valence-electron chi connectivity index (χ1n) is 9.55. The Morgan fingerprint density at radius 2 is 1.75 bits per heavy atom. The number of rotatable bonds is 4. The largest absolute Gasteiger partial charge is 0.337 e. The topological polar surface area (TPSA) is 41.4 Å². The van der Waals surface area contributed by atoms with Gasteiger partial charge in [0, 0.05) is 38.9 Å². The highest BCUT2D eigenvalue weighted by Crippen LogP contribution is 2.14. The highest BCUT2D eigenvalue weighted by molar-refractivity contribution is 5.93. The van der Waals surface area contributed by atoms with E-state index in [0.29, 0.717) is 12.1 Å². The highest BCUT2D eigenvalue weighted by Gasteiger charge is 2.21. The monoisotopic (exact) mass is 378 g/mol. The first-order valence-corrected chi connectivity index (χ1v) is 9.55. The summed E-state index contributed by atoms with van der Waals surface area (Å²) in [7, 11) is 0. The molecule has 3 aromatic rings. The lowest BCUT2D eigenvalue weighted by Gasteiger charge is -2.21. The van der Waals surface area contributed by atoms with E-state index in [9.17, 15) is 9.18 Å². The Balaban J connectivity index is 1.38. The number of benzene rings is 2. The molecular weight excluding hydrogens is 355 g/mol. The second-order valence-electron chi connectivity index (χ2n) is 7.06. The van der Waals surface area contributed by atoms with Crippen LogP contribution in [0.1, 0.15) is 22.3 Å². The Labute approximate surface area is 164 Å². The van der Waals surface area contributed by atoms with Gasteiger partial charge in [0.15, 0.2) is 0 Å². The van der Waals surface area contributed by atoms with Crippen molar-refractivity contribution in [3.8, 4) is 5.69 Å². The fraction of sp³-hybridized carbons (Fsp3) is 0.273. The lowest BCUT2D eigenvalue weighted by molar-refractivity contribution is 0.0761. The molecule has 6 heteroatoms. The zero-order valence-corrected chi connectivity index (χ0v) is 15.7. The average molecular weight is 378 g/mol. The molecule has 0 atom stereocenters. The van der Waals surface area contributed by atoms with E-state index in [2.05, 4.69) is 10.00 Å². The van der Waals surface area contributed by atoms with Gasteiger partial charge in [-0.1, -0.05) is 30.3 Å². The van der Waals surface area contributed by atoms with Gasteiger partial charge < -0.3 is 4.90 Å². The molecular formula is C22H23FN4O. The van der Waals surface area contributed by atoms with Gasteiger partial charge >= 0.3 is 0 Å². The number of carbonyl (C=O) groups is 1. The van der Waals surface area contributed by atoms with E-state index in [0.717, 1.165) is 43.9 Å². The Hall–Kier alpha value is -2.99. The molecule has 5 nitrogen and oxygen atoms in total. The molecule has 1 aliphatic heterocycles. The highest BCUT2D eigenvalue weighted by atomic mass is 19.1. The van der Waals surface area contributed by atoms with Crippen molar-refractivity contribution in [1.82, 2.24) is 19.6 Å². The molecule has 0 saturated carbocycles. The zero-order valence-electron chi connectivity index (χ0n) is 15.7. The minimum atomic E-state index is -0.215. The van der Waals surface area contributed by atoms with Gasteiger partial charge in [-0.2, -0.15) is 5.10 Å². The van der Waals surface area contributed by atoms with Gasteiger partial charge in [-0.15, -0.1) is 0 Å². The minimum Gasteiger partial charge on any atom is -0.337 e. The van der Waals surface area contributed by atoms with Crippen molar-refractivity contribution in [2.45, 2.75) is 13.0 Å². The molecule has 0 radical (unpaired) electrons. The van der Waals surface area contributed by atoms with Gasteiger partial charge in [-0.25, -0.2) is 9.07 Å². The molecule has 144 valence electrons. The van der Waals surface area contributed by atoms with Crippen LogP contribution in [0.4, 0.5) is 4.39 Å². The van der Waals surface area contributed by atoms with Crippen molar-refractivity contribution in [1.29, 1.82) is 0 Å². The number of aromatic nitrogens is 2. The Morgan fingerprint density at radius 3 is 2.54 bits per heavy atom. The molecule has 1 saturated heterocycles. The summed E-state index contributed by atoms with van der Waals surface area (Å²) < 4.78 is 14.8. The first kappa shape index (κ1) is 18.4. The van der Waals surface area contributed by atoms with E-state index in [1.807, 2.05) is 47.4 Å². The van der Waals surface area contributed by atoms with Gasteiger partial charge in [-0.3, -0.25) is 9.69 Å². The molecule has 0 unspecified atom stereocenters. The van der Waals surface area contributed by atoms with Crippen molar-refractivity contribution in [2.75, 3.05) is 26.2 Å². The van der Waals surface area contributed by atoms with Crippen LogP contribution in [0.15, 0.2) is 67.0 Å². The van der Waals surface area contributed by atoms with Gasteiger partial charge in [-0.05, 0) is 36.2 Å². The molecule has 2 aromatic carbocycles. The summed E-state index contributed by atoms with van der Waals surface area (Å²) in [6.45, 7) is 3.90. The number of amides is 1. The summed E-state index contributed by atoms with van der Waals surface area (Å²) >= 11 is 0. The molecule has 1 aromatic heterocycles. The fourth-order valence-corrected chi connectivity index (χ4v) is 3.52. The lowest BCUT2D eigenvalue weighted by Crippen LogP contribution is -2.35. The predicted octanol–water partition coefficient (Wildman–Crippen LogP) is 3.36. The normalized spacial score (nSPS) is 15.4. The van der Waals surface area contributed by atoms with Gasteiger partial charge in [0.05, 0.1) is 17.4 Å². The second kappa shape index (κ2) is 8.35. The minimum absolute atomic E-state index is 0.0193. The van der Waals surface area contributed by atoms with Crippen molar-refractivity contribution in [3.05, 3.63) is 83.9 Å². The van der Waals surface area contributed by atoms with Crippen LogP contribution < -0.4 is 0 Å². The first-order chi connectivity index (χ1) is 13.7. The molecule has 0 bridgehead atoms. The maximum absolute atomic E-state index is 13.1. The number of hydrogen-bond acceptors (Lipinski definition) is 3. The Kier molecular flexibility index (Phi) is 5.48. The fourth-order valence-electron chi connectivity index (χ4n) is 3.52. The predicted molar refractivity (Wildman–Crippen MR) is 106 cm³/mol. The standard InChI is InChI=1S/C22H23FN4O/c23-20-9-7-18(8-10-20)16-25-11-4-12-26(14-13-25)22(28)19-15-24-27(17-19)21-5-2-1-3-6-21/h1-3,5-10,15,17H,4,11-14,16H2. The van der Waals surface area contributed by atoms with E-state index < -0.39 is 0 Å². The van der Waals surface area contributed by atoms with Crippen molar-refractivity contribution >= 4 is 5.91 Å². The van der Waals surface area contributed by atoms with Crippen molar-refractivity contribution in [3.63, 3.8) is 0 Å². The van der Waals surface area contributed by atoms with Crippen LogP contribution in [0.3, 0.4) is 0 Å². The number of carbonyl (C=O) groups excluding carboxylic acids is 1. The number of hydrogen-bond donors (Lipinski definition) is 0. The SMILES string of the molecule is O=C(c1cnn(-c2ccccc2)c1)N1CCCN(Cc2ccc(F)cc2)CC1. The quantitative estimate of drug-likeness (QED) is 0.699. The van der Waals surface area contributed by atoms with Crippen molar-refractivity contribution in [2.24, 2.45) is 0 Å². The summed E-state index contributed by atoms with van der Waals surface area (Å²) in [5.41, 5.74) is 2.63. The molecule has 2 heterocycles. The molecule has 4 rings (SSSR count). The third-order valence-corrected chi connectivity index (χ3v) is 5.05. The third kappa shape index (κ3) is 4.28. The number of nitrogens with zero attached hydrogens (tertiary/aromatic N) is 4. The molecule has 1 amide bonds. The Morgan fingerprint density at radius 1 is 0.964 bits per heavy atom. The van der Waals surface area contributed by atoms with Crippen LogP contribution in [0.25, 0.3) is 5.69 Å². The van der Waals surface area contributed by atoms with Crippen LogP contribution in [-0.2, 0) is 6.54 Å². The van der Waals surface area contributed by atoms with E-state index in [1.54, 1.807) is 17.1 Å². The second-order valence-corrected chi connectivity index (χ2v) is 7.06. The summed E-state index contributed by atoms with van der Waals surface area (Å²) in [6, 6.07) is 16.4. The summed E-state index contributed by atoms with van der Waals surface area (Å²) in [5, 5.41) is 4.33. The number of halogens is 1. The Bertz CT molecular complexity index is 923. The van der Waals surface area contributed by atoms with Crippen LogP contribution >= 0.6 is 0 Å². The maximum Gasteiger partial charge on any atom is 0.257 e. The summed E-state index contributed by atoms with van der Waals surface area (Å²) in [5.74, 6) is -0.196. The average Bonchev–Trinajstić information content (AvgIpc) is 3.11. The number of para-hydroxylation sites is 1. The van der Waals surface area contributed by atoms with Crippen LogP contribution in [-0.4, -0.2) is 51.7 Å². The lowest BCUT2D eigenvalue weighted by atomic mass is 10.2. The summed E-state index contributed by atoms with van der Waals surface area (Å²) in [6.07, 6.45) is 4.34. The zero-order chi connectivity index (χ0) is 19.3. The van der Waals surface area contributed by atoms with Crippen LogP contribution in [0.2, 0.25) is 0 Å². The molecule has 28 heavy (non-hydrogen) atoms. The molecule has 1 aliphatic rings. The van der Waals surface area contributed by atoms with E-state index >= 15 is 0 Å². The molecule has 0 spiro atoms. The molecule has 0 aliphatic carbocycles. The van der Waals surface area contributed by atoms with E-state index in [4.69, 9.17) is 0 Å². The van der Waals surface area contributed by atoms with Gasteiger partial charge in [0.1, 0.15) is 5.82 Å². The van der Waals surface area contributed by atoms with E-state index in [-0.39, 0.29) is 11.7 Å². The van der Waals surface area contributed by atoms with Crippen LogP contribution in [0, 0.1) is 5.82 Å². The van der Waals surface area contributed by atoms with Crippen molar-refractivity contribution < 1.29 is 9.18 Å². The van der Waals surface area contributed by atoms with Crippen LogP contribution in [0.5, 0.6) is 0 Å². The smallest absolute Gasteiger partial charge is 0.257 e. The maximum atomic E-state index is 13.1. The molecule has 0 N–H and O–H groups in total. The third-order valence-electron chi connectivity index (χ3n) is 5.05. The van der Waals surface area contributed by atoms with Gasteiger partial charge in [0.25, 0.3) is 5.91 Å².